The Hall–Kier alpha value is -2.05. The zero-order chi connectivity index (χ0) is 9.84. The van der Waals surface area contributed by atoms with E-state index in [1.165, 1.54) is 13.3 Å². The number of methoxy groups -OCH3 is 1. The highest BCUT2D eigenvalue weighted by atomic mass is 16.5. The van der Waals surface area contributed by atoms with E-state index < -0.39 is 0 Å². The summed E-state index contributed by atoms with van der Waals surface area (Å²) in [6, 6.07) is 0.131. The van der Waals surface area contributed by atoms with Crippen LogP contribution in [-0.4, -0.2) is 28.1 Å². The molecule has 1 heterocycles. The Balaban J connectivity index is 3.12. The van der Waals surface area contributed by atoms with Crippen molar-refractivity contribution in [2.45, 2.75) is 0 Å². The number of oxime groups is 1. The Morgan fingerprint density at radius 2 is 2.38 bits per heavy atom. The largest absolute Gasteiger partial charge is 0.467 e. The van der Waals surface area contributed by atoms with Crippen molar-refractivity contribution >= 4 is 11.7 Å². The van der Waals surface area contributed by atoms with Crippen LogP contribution in [0.2, 0.25) is 0 Å². The monoisotopic (exact) mass is 183 g/mol. The molecule has 0 atom stereocenters. The van der Waals surface area contributed by atoms with Gasteiger partial charge < -0.3 is 21.4 Å². The number of nitrogens with two attached hydrogens (primary N) is 2. The van der Waals surface area contributed by atoms with E-state index in [0.29, 0.717) is 0 Å². The summed E-state index contributed by atoms with van der Waals surface area (Å²) in [6.45, 7) is 0. The lowest BCUT2D eigenvalue weighted by molar-refractivity contribution is 0.318. The number of nitrogens with zero attached hydrogens (tertiary/aromatic N) is 3. The van der Waals surface area contributed by atoms with Gasteiger partial charge in [0.05, 0.1) is 12.7 Å². The lowest BCUT2D eigenvalue weighted by atomic mass is 10.3. The van der Waals surface area contributed by atoms with E-state index in [0.717, 1.165) is 0 Å². The van der Waals surface area contributed by atoms with Gasteiger partial charge in [0.15, 0.2) is 5.84 Å². The van der Waals surface area contributed by atoms with Crippen molar-refractivity contribution in [2.75, 3.05) is 12.8 Å². The van der Waals surface area contributed by atoms with Crippen molar-refractivity contribution in [3.63, 3.8) is 0 Å². The van der Waals surface area contributed by atoms with Crippen LogP contribution in [0.1, 0.15) is 5.56 Å². The van der Waals surface area contributed by atoms with Crippen molar-refractivity contribution in [3.8, 4) is 6.01 Å². The molecule has 0 spiro atoms. The minimum Gasteiger partial charge on any atom is -0.467 e. The molecule has 7 nitrogen and oxygen atoms in total. The number of anilines is 1. The second-order valence-electron chi connectivity index (χ2n) is 2.14. The molecule has 0 radical (unpaired) electrons. The smallest absolute Gasteiger partial charge is 0.318 e. The zero-order valence-electron chi connectivity index (χ0n) is 6.93. The first-order chi connectivity index (χ1) is 6.19. The predicted octanol–water partition coefficient (Wildman–Crippen LogP) is -0.838. The van der Waals surface area contributed by atoms with Crippen LogP contribution in [0.15, 0.2) is 11.4 Å². The van der Waals surface area contributed by atoms with Crippen LogP contribution in [0.5, 0.6) is 6.01 Å². The van der Waals surface area contributed by atoms with Gasteiger partial charge in [-0.1, -0.05) is 5.16 Å². The first kappa shape index (κ1) is 9.04. The molecular weight excluding hydrogens is 174 g/mol. The Morgan fingerprint density at radius 1 is 1.69 bits per heavy atom. The highest BCUT2D eigenvalue weighted by molar-refractivity contribution is 6.00. The molecule has 0 aliphatic heterocycles. The first-order valence-corrected chi connectivity index (χ1v) is 3.33. The molecule has 0 fully saturated rings. The fraction of sp³-hybridized carbons (Fsp3) is 0.167. The van der Waals surface area contributed by atoms with E-state index in [2.05, 4.69) is 15.1 Å². The van der Waals surface area contributed by atoms with Crippen LogP contribution in [0.4, 0.5) is 5.82 Å². The highest BCUT2D eigenvalue weighted by Crippen LogP contribution is 2.10. The molecule has 1 aromatic heterocycles. The lowest BCUT2D eigenvalue weighted by Crippen LogP contribution is -2.16. The minimum absolute atomic E-state index is 0.0992. The minimum atomic E-state index is -0.139. The van der Waals surface area contributed by atoms with Gasteiger partial charge in [0.25, 0.3) is 0 Å². The van der Waals surface area contributed by atoms with E-state index in [1.54, 1.807) is 0 Å². The normalized spacial score (nSPS) is 11.3. The van der Waals surface area contributed by atoms with Gasteiger partial charge in [0.2, 0.25) is 0 Å². The third-order valence-corrected chi connectivity index (χ3v) is 1.36. The zero-order valence-corrected chi connectivity index (χ0v) is 6.93. The summed E-state index contributed by atoms with van der Waals surface area (Å²) in [4.78, 5) is 7.47. The molecule has 5 N–H and O–H groups in total. The van der Waals surface area contributed by atoms with Gasteiger partial charge in [-0.15, -0.1) is 0 Å². The maximum absolute atomic E-state index is 8.36. The van der Waals surface area contributed by atoms with Crippen LogP contribution in [0.25, 0.3) is 0 Å². The molecule has 0 unspecified atom stereocenters. The molecular formula is C6H9N5O2. The summed E-state index contributed by atoms with van der Waals surface area (Å²) in [6.07, 6.45) is 1.32. The van der Waals surface area contributed by atoms with Gasteiger partial charge in [-0.2, -0.15) is 4.98 Å². The Labute approximate surface area is 74.0 Å². The number of nitrogen functional groups attached to an aromatic ring is 1. The van der Waals surface area contributed by atoms with Crippen LogP contribution in [-0.2, 0) is 0 Å². The lowest BCUT2D eigenvalue weighted by Gasteiger charge is -2.03. The van der Waals surface area contributed by atoms with E-state index >= 15 is 0 Å². The average Bonchev–Trinajstić information content (AvgIpc) is 2.16. The van der Waals surface area contributed by atoms with Crippen molar-refractivity contribution in [1.82, 2.24) is 9.97 Å². The third kappa shape index (κ3) is 1.75. The average molecular weight is 183 g/mol. The molecule has 0 aromatic carbocycles. The molecule has 0 saturated heterocycles. The molecule has 0 bridgehead atoms. The van der Waals surface area contributed by atoms with Gasteiger partial charge in [-0.3, -0.25) is 0 Å². The fourth-order valence-corrected chi connectivity index (χ4v) is 0.728. The van der Waals surface area contributed by atoms with Gasteiger partial charge in [-0.25, -0.2) is 4.98 Å². The maximum atomic E-state index is 8.36. The number of amidine groups is 1. The van der Waals surface area contributed by atoms with Crippen molar-refractivity contribution in [2.24, 2.45) is 10.9 Å². The van der Waals surface area contributed by atoms with E-state index in [4.69, 9.17) is 21.4 Å². The molecule has 70 valence electrons. The topological polar surface area (TPSA) is 120 Å². The third-order valence-electron chi connectivity index (χ3n) is 1.36. The predicted molar refractivity (Wildman–Crippen MR) is 45.5 cm³/mol. The van der Waals surface area contributed by atoms with Crippen molar-refractivity contribution in [1.29, 1.82) is 0 Å². The summed E-state index contributed by atoms with van der Waals surface area (Å²) in [5.74, 6) is -0.0395. The second kappa shape index (κ2) is 3.57. The van der Waals surface area contributed by atoms with Crippen LogP contribution in [0, 0.1) is 0 Å². The number of aromatic nitrogens is 2. The van der Waals surface area contributed by atoms with Gasteiger partial charge in [0, 0.05) is 6.20 Å². The van der Waals surface area contributed by atoms with Crippen LogP contribution in [0.3, 0.4) is 0 Å². The molecule has 1 rings (SSSR count). The van der Waals surface area contributed by atoms with Gasteiger partial charge in [-0.05, 0) is 0 Å². The molecule has 13 heavy (non-hydrogen) atoms. The molecule has 0 amide bonds. The summed E-state index contributed by atoms with van der Waals surface area (Å²) < 4.78 is 4.72. The van der Waals surface area contributed by atoms with E-state index in [-0.39, 0.29) is 23.2 Å². The Morgan fingerprint density at radius 3 is 2.85 bits per heavy atom. The summed E-state index contributed by atoms with van der Waals surface area (Å²) >= 11 is 0. The summed E-state index contributed by atoms with van der Waals surface area (Å²) in [7, 11) is 1.41. The molecule has 0 aliphatic rings. The second-order valence-corrected chi connectivity index (χ2v) is 2.14. The Bertz CT molecular complexity index is 338. The van der Waals surface area contributed by atoms with E-state index in [9.17, 15) is 0 Å². The molecule has 0 saturated carbocycles. The number of hydrogen-bond acceptors (Lipinski definition) is 6. The first-order valence-electron chi connectivity index (χ1n) is 3.33. The van der Waals surface area contributed by atoms with Crippen molar-refractivity contribution < 1.29 is 9.94 Å². The van der Waals surface area contributed by atoms with Crippen LogP contribution < -0.4 is 16.2 Å². The number of hydrogen-bond donors (Lipinski definition) is 3. The summed E-state index contributed by atoms with van der Waals surface area (Å²) in [5.41, 5.74) is 11.0. The van der Waals surface area contributed by atoms with Crippen molar-refractivity contribution in [3.05, 3.63) is 11.8 Å². The highest BCUT2D eigenvalue weighted by Gasteiger charge is 2.07. The SMILES string of the molecule is COc1ncc(C(N)=NO)c(N)n1. The van der Waals surface area contributed by atoms with Crippen LogP contribution >= 0.6 is 0 Å². The molecule has 7 heteroatoms. The Kier molecular flexibility index (Phi) is 2.48. The standard InChI is InChI=1S/C6H9N5O2/c1-13-6-9-2-3(4(7)10-6)5(8)11-12/h2,12H,1H3,(H2,8,11)(H2,7,9,10). The summed E-state index contributed by atoms with van der Waals surface area (Å²) in [5, 5.41) is 11.1. The number of ether oxygens (including phenoxy) is 1. The van der Waals surface area contributed by atoms with Gasteiger partial charge >= 0.3 is 6.01 Å². The maximum Gasteiger partial charge on any atom is 0.318 e. The van der Waals surface area contributed by atoms with E-state index in [1.807, 2.05) is 0 Å². The molecule has 0 aliphatic carbocycles. The fourth-order valence-electron chi connectivity index (χ4n) is 0.728. The number of rotatable bonds is 2. The quantitative estimate of drug-likeness (QED) is 0.238. The van der Waals surface area contributed by atoms with Gasteiger partial charge in [0.1, 0.15) is 5.82 Å². The molecule has 1 aromatic rings.